The third kappa shape index (κ3) is 6.35. The number of hydrogen-bond acceptors (Lipinski definition) is 2. The van der Waals surface area contributed by atoms with Crippen LogP contribution in [0.25, 0.3) is 0 Å². The van der Waals surface area contributed by atoms with Crippen LogP contribution in [-0.2, 0) is 11.2 Å². The number of halogens is 1. The van der Waals surface area contributed by atoms with Crippen LogP contribution in [0.5, 0.6) is 0 Å². The molecule has 0 heterocycles. The van der Waals surface area contributed by atoms with Crippen molar-refractivity contribution in [2.45, 2.75) is 26.7 Å². The molecular formula is C20H23BrN2O2. The van der Waals surface area contributed by atoms with E-state index in [0.29, 0.717) is 31.5 Å². The third-order valence-corrected chi connectivity index (χ3v) is 4.40. The van der Waals surface area contributed by atoms with Gasteiger partial charge in [-0.15, -0.1) is 0 Å². The van der Waals surface area contributed by atoms with Crippen LogP contribution in [-0.4, -0.2) is 24.9 Å². The predicted molar refractivity (Wildman–Crippen MR) is 104 cm³/mol. The second-order valence-electron chi connectivity index (χ2n) is 6.08. The van der Waals surface area contributed by atoms with Crippen LogP contribution in [0.15, 0.2) is 46.9 Å². The van der Waals surface area contributed by atoms with Gasteiger partial charge in [0.05, 0.1) is 6.42 Å². The van der Waals surface area contributed by atoms with Crippen LogP contribution in [0.3, 0.4) is 0 Å². The molecule has 0 saturated carbocycles. The summed E-state index contributed by atoms with van der Waals surface area (Å²) >= 11 is 3.35. The zero-order valence-corrected chi connectivity index (χ0v) is 16.2. The zero-order chi connectivity index (χ0) is 18.2. The molecule has 2 rings (SSSR count). The Morgan fingerprint density at radius 3 is 2.52 bits per heavy atom. The van der Waals surface area contributed by atoms with E-state index in [1.165, 1.54) is 0 Å². The molecule has 0 radical (unpaired) electrons. The molecule has 0 aliphatic heterocycles. The van der Waals surface area contributed by atoms with E-state index in [1.807, 2.05) is 44.2 Å². The minimum atomic E-state index is -0.108. The first-order valence-corrected chi connectivity index (χ1v) is 9.11. The minimum absolute atomic E-state index is 0.00650. The number of nitrogens with one attached hydrogen (secondary N) is 2. The van der Waals surface area contributed by atoms with Gasteiger partial charge in [0.2, 0.25) is 5.91 Å². The standard InChI is InChI=1S/C20H23BrN2O2/c1-14-7-8-15(2)17(11-14)13-19(24)22-9-4-10-23-20(25)16-5-3-6-18(21)12-16/h3,5-8,11-12H,4,9-10,13H2,1-2H3,(H,22,24)(H,23,25). The summed E-state index contributed by atoms with van der Waals surface area (Å²) in [5.41, 5.74) is 3.96. The van der Waals surface area contributed by atoms with Crippen LogP contribution >= 0.6 is 15.9 Å². The average Bonchev–Trinajstić information content (AvgIpc) is 2.57. The molecule has 0 aliphatic rings. The first-order chi connectivity index (χ1) is 12.0. The monoisotopic (exact) mass is 402 g/mol. The molecule has 0 atom stereocenters. The molecule has 0 aliphatic carbocycles. The van der Waals surface area contributed by atoms with Crippen molar-refractivity contribution in [3.05, 3.63) is 69.2 Å². The Hall–Kier alpha value is -2.14. The van der Waals surface area contributed by atoms with Gasteiger partial charge in [0.1, 0.15) is 0 Å². The van der Waals surface area contributed by atoms with Crippen LogP contribution < -0.4 is 10.6 Å². The maximum absolute atomic E-state index is 12.0. The van der Waals surface area contributed by atoms with Gasteiger partial charge in [-0.3, -0.25) is 9.59 Å². The van der Waals surface area contributed by atoms with Crippen LogP contribution in [0.1, 0.15) is 33.5 Å². The fraction of sp³-hybridized carbons (Fsp3) is 0.300. The van der Waals surface area contributed by atoms with E-state index in [2.05, 4.69) is 26.6 Å². The van der Waals surface area contributed by atoms with Crippen molar-refractivity contribution in [2.75, 3.05) is 13.1 Å². The lowest BCUT2D eigenvalue weighted by Gasteiger charge is -2.09. The molecule has 4 nitrogen and oxygen atoms in total. The Morgan fingerprint density at radius 1 is 1.00 bits per heavy atom. The summed E-state index contributed by atoms with van der Waals surface area (Å²) in [5, 5.41) is 5.76. The van der Waals surface area contributed by atoms with Crippen molar-refractivity contribution in [1.82, 2.24) is 10.6 Å². The van der Waals surface area contributed by atoms with E-state index < -0.39 is 0 Å². The molecule has 0 saturated heterocycles. The Kier molecular flexibility index (Phi) is 7.19. The van der Waals surface area contributed by atoms with Crippen LogP contribution in [0.4, 0.5) is 0 Å². The van der Waals surface area contributed by atoms with E-state index in [-0.39, 0.29) is 11.8 Å². The topological polar surface area (TPSA) is 58.2 Å². The van der Waals surface area contributed by atoms with Gasteiger partial charge in [0.25, 0.3) is 5.91 Å². The van der Waals surface area contributed by atoms with Crippen molar-refractivity contribution in [3.63, 3.8) is 0 Å². The molecule has 5 heteroatoms. The Balaban J connectivity index is 1.68. The fourth-order valence-corrected chi connectivity index (χ4v) is 2.88. The van der Waals surface area contributed by atoms with Gasteiger partial charge >= 0.3 is 0 Å². The molecule has 132 valence electrons. The number of amides is 2. The molecule has 0 unspecified atom stereocenters. The minimum Gasteiger partial charge on any atom is -0.356 e. The first kappa shape index (κ1) is 19.2. The van der Waals surface area contributed by atoms with Crippen molar-refractivity contribution in [3.8, 4) is 0 Å². The normalized spacial score (nSPS) is 10.4. The van der Waals surface area contributed by atoms with Crippen molar-refractivity contribution < 1.29 is 9.59 Å². The summed E-state index contributed by atoms with van der Waals surface area (Å²) in [6, 6.07) is 13.4. The average molecular weight is 403 g/mol. The smallest absolute Gasteiger partial charge is 0.251 e. The maximum Gasteiger partial charge on any atom is 0.251 e. The van der Waals surface area contributed by atoms with E-state index in [4.69, 9.17) is 0 Å². The van der Waals surface area contributed by atoms with Crippen LogP contribution in [0.2, 0.25) is 0 Å². The van der Waals surface area contributed by atoms with E-state index in [0.717, 1.165) is 21.2 Å². The Labute approximate surface area is 157 Å². The quantitative estimate of drug-likeness (QED) is 0.695. The molecule has 0 bridgehead atoms. The largest absolute Gasteiger partial charge is 0.356 e. The molecular weight excluding hydrogens is 380 g/mol. The van der Waals surface area contributed by atoms with Gasteiger partial charge in [-0.2, -0.15) is 0 Å². The summed E-state index contributed by atoms with van der Waals surface area (Å²) in [7, 11) is 0. The van der Waals surface area contributed by atoms with E-state index >= 15 is 0 Å². The van der Waals surface area contributed by atoms with Gasteiger partial charge in [0.15, 0.2) is 0 Å². The number of rotatable bonds is 7. The molecule has 2 aromatic carbocycles. The number of carbonyl (C=O) groups excluding carboxylic acids is 2. The van der Waals surface area contributed by atoms with Gasteiger partial charge in [-0.25, -0.2) is 0 Å². The molecule has 2 N–H and O–H groups in total. The van der Waals surface area contributed by atoms with Crippen molar-refractivity contribution in [2.24, 2.45) is 0 Å². The molecule has 2 amide bonds. The van der Waals surface area contributed by atoms with E-state index in [9.17, 15) is 9.59 Å². The molecule has 2 aromatic rings. The van der Waals surface area contributed by atoms with E-state index in [1.54, 1.807) is 12.1 Å². The van der Waals surface area contributed by atoms with Gasteiger partial charge in [-0.05, 0) is 49.6 Å². The van der Waals surface area contributed by atoms with Gasteiger partial charge in [-0.1, -0.05) is 45.8 Å². The molecule has 0 aromatic heterocycles. The summed E-state index contributed by atoms with van der Waals surface area (Å²) < 4.78 is 0.874. The third-order valence-electron chi connectivity index (χ3n) is 3.90. The fourth-order valence-electron chi connectivity index (χ4n) is 2.48. The maximum atomic E-state index is 12.0. The first-order valence-electron chi connectivity index (χ1n) is 8.32. The number of aryl methyl sites for hydroxylation is 2. The SMILES string of the molecule is Cc1ccc(C)c(CC(=O)NCCCNC(=O)c2cccc(Br)c2)c1. The van der Waals surface area contributed by atoms with Crippen molar-refractivity contribution >= 4 is 27.7 Å². The lowest BCUT2D eigenvalue weighted by atomic mass is 10.0. The highest BCUT2D eigenvalue weighted by Gasteiger charge is 2.07. The summed E-state index contributed by atoms with van der Waals surface area (Å²) in [4.78, 5) is 24.0. The summed E-state index contributed by atoms with van der Waals surface area (Å²) in [6.45, 7) is 5.10. The second-order valence-corrected chi connectivity index (χ2v) is 6.99. The summed E-state index contributed by atoms with van der Waals surface area (Å²) in [5.74, 6) is -0.102. The molecule has 0 spiro atoms. The lowest BCUT2D eigenvalue weighted by Crippen LogP contribution is -2.30. The number of carbonyl (C=O) groups is 2. The highest BCUT2D eigenvalue weighted by Crippen LogP contribution is 2.12. The highest BCUT2D eigenvalue weighted by atomic mass is 79.9. The van der Waals surface area contributed by atoms with Gasteiger partial charge < -0.3 is 10.6 Å². The second kappa shape index (κ2) is 9.37. The lowest BCUT2D eigenvalue weighted by molar-refractivity contribution is -0.120. The van der Waals surface area contributed by atoms with Crippen LogP contribution in [0, 0.1) is 13.8 Å². The number of hydrogen-bond donors (Lipinski definition) is 2. The zero-order valence-electron chi connectivity index (χ0n) is 14.6. The Bertz CT molecular complexity index is 759. The Morgan fingerprint density at radius 2 is 1.76 bits per heavy atom. The predicted octanol–water partition coefficient (Wildman–Crippen LogP) is 3.54. The molecule has 0 fully saturated rings. The van der Waals surface area contributed by atoms with Gasteiger partial charge in [0, 0.05) is 23.1 Å². The van der Waals surface area contributed by atoms with Crippen molar-refractivity contribution in [1.29, 1.82) is 0 Å². The highest BCUT2D eigenvalue weighted by molar-refractivity contribution is 9.10. The molecule has 25 heavy (non-hydrogen) atoms. The summed E-state index contributed by atoms with van der Waals surface area (Å²) in [6.07, 6.45) is 1.08. The number of benzene rings is 2.